The molecule has 0 aliphatic heterocycles. The molecule has 0 aliphatic rings. The first-order valence-corrected chi connectivity index (χ1v) is 8.31. The summed E-state index contributed by atoms with van der Waals surface area (Å²) in [6.45, 7) is 1.55. The number of hydrogen-bond acceptors (Lipinski definition) is 2. The maximum Gasteiger partial charge on any atom is 0.193 e. The van der Waals surface area contributed by atoms with Crippen molar-refractivity contribution in [3.63, 3.8) is 0 Å². The number of nitrogens with zero attached hydrogens (tertiary/aromatic N) is 4. The third-order valence-electron chi connectivity index (χ3n) is 3.99. The molecule has 0 atom stereocenters. The Morgan fingerprint density at radius 3 is 2.38 bits per heavy atom. The van der Waals surface area contributed by atoms with E-state index in [1.807, 2.05) is 37.1 Å². The standard InChI is InChI=1S/C20H23N5.HI/c1-21-20(24(2)16-18-7-4-3-5-8-18)22-15-17-9-11-19(12-10-17)25-14-6-13-23-25;/h3-14H,15-16H2,1-2H3,(H,21,22);1H. The van der Waals surface area contributed by atoms with Crippen LogP contribution in [0.3, 0.4) is 0 Å². The molecule has 136 valence electrons. The highest BCUT2D eigenvalue weighted by molar-refractivity contribution is 14.0. The van der Waals surface area contributed by atoms with Crippen LogP contribution in [0.5, 0.6) is 0 Å². The van der Waals surface area contributed by atoms with Crippen molar-refractivity contribution >= 4 is 29.9 Å². The van der Waals surface area contributed by atoms with Gasteiger partial charge in [0, 0.05) is 39.6 Å². The summed E-state index contributed by atoms with van der Waals surface area (Å²) in [5.41, 5.74) is 3.51. The molecule has 3 rings (SSSR count). The molecule has 6 heteroatoms. The molecule has 2 aromatic carbocycles. The Hall–Kier alpha value is -2.35. The SMILES string of the molecule is CN=C(NCc1ccc(-n2cccn2)cc1)N(C)Cc1ccccc1.I. The molecule has 0 saturated heterocycles. The van der Waals surface area contributed by atoms with Crippen LogP contribution >= 0.6 is 24.0 Å². The van der Waals surface area contributed by atoms with Crippen LogP contribution in [-0.4, -0.2) is 34.7 Å². The third-order valence-corrected chi connectivity index (χ3v) is 3.99. The highest BCUT2D eigenvalue weighted by Crippen LogP contribution is 2.09. The van der Waals surface area contributed by atoms with Gasteiger partial charge in [0.25, 0.3) is 0 Å². The van der Waals surface area contributed by atoms with Crippen LogP contribution in [0.25, 0.3) is 5.69 Å². The normalized spacial score (nSPS) is 10.9. The van der Waals surface area contributed by atoms with Crippen molar-refractivity contribution in [2.45, 2.75) is 13.1 Å². The lowest BCUT2D eigenvalue weighted by Crippen LogP contribution is -2.38. The van der Waals surface area contributed by atoms with E-state index >= 15 is 0 Å². The van der Waals surface area contributed by atoms with Gasteiger partial charge in [0.1, 0.15) is 0 Å². The summed E-state index contributed by atoms with van der Waals surface area (Å²) >= 11 is 0. The monoisotopic (exact) mass is 461 g/mol. The van der Waals surface area contributed by atoms with Crippen LogP contribution in [0.4, 0.5) is 0 Å². The van der Waals surface area contributed by atoms with E-state index in [-0.39, 0.29) is 24.0 Å². The van der Waals surface area contributed by atoms with Gasteiger partial charge < -0.3 is 10.2 Å². The molecule has 1 heterocycles. The molecule has 0 radical (unpaired) electrons. The number of hydrogen-bond donors (Lipinski definition) is 1. The zero-order chi connectivity index (χ0) is 17.5. The minimum Gasteiger partial charge on any atom is -0.352 e. The van der Waals surface area contributed by atoms with E-state index in [4.69, 9.17) is 0 Å². The van der Waals surface area contributed by atoms with Gasteiger partial charge in [-0.25, -0.2) is 4.68 Å². The summed E-state index contributed by atoms with van der Waals surface area (Å²) < 4.78 is 1.85. The maximum absolute atomic E-state index is 4.37. The van der Waals surface area contributed by atoms with Crippen molar-refractivity contribution in [1.29, 1.82) is 0 Å². The zero-order valence-electron chi connectivity index (χ0n) is 15.0. The van der Waals surface area contributed by atoms with Gasteiger partial charge in [-0.15, -0.1) is 24.0 Å². The van der Waals surface area contributed by atoms with Crippen molar-refractivity contribution in [2.24, 2.45) is 4.99 Å². The lowest BCUT2D eigenvalue weighted by Gasteiger charge is -2.22. The van der Waals surface area contributed by atoms with Gasteiger partial charge in [0.15, 0.2) is 5.96 Å². The molecule has 0 spiro atoms. The molecular weight excluding hydrogens is 437 g/mol. The number of aromatic nitrogens is 2. The lowest BCUT2D eigenvalue weighted by molar-refractivity contribution is 0.476. The first kappa shape index (κ1) is 20.0. The molecular formula is C20H24IN5. The van der Waals surface area contributed by atoms with Crippen molar-refractivity contribution in [3.8, 4) is 5.69 Å². The number of aliphatic imine (C=N–C) groups is 1. The number of guanidine groups is 1. The molecule has 0 aliphatic carbocycles. The second-order valence-corrected chi connectivity index (χ2v) is 5.86. The minimum absolute atomic E-state index is 0. The number of benzene rings is 2. The highest BCUT2D eigenvalue weighted by atomic mass is 127. The fourth-order valence-corrected chi connectivity index (χ4v) is 2.69. The molecule has 0 amide bonds. The Kier molecular flexibility index (Phi) is 7.65. The Morgan fingerprint density at radius 1 is 1.04 bits per heavy atom. The lowest BCUT2D eigenvalue weighted by atomic mass is 10.2. The van der Waals surface area contributed by atoms with Gasteiger partial charge in [0.2, 0.25) is 0 Å². The van der Waals surface area contributed by atoms with Crippen molar-refractivity contribution in [1.82, 2.24) is 20.0 Å². The first-order valence-electron chi connectivity index (χ1n) is 8.31. The van der Waals surface area contributed by atoms with Gasteiger partial charge in [-0.3, -0.25) is 4.99 Å². The van der Waals surface area contributed by atoms with Gasteiger partial charge in [-0.05, 0) is 29.3 Å². The van der Waals surface area contributed by atoms with Crippen LogP contribution < -0.4 is 5.32 Å². The largest absolute Gasteiger partial charge is 0.352 e. The molecule has 0 unspecified atom stereocenters. The number of rotatable bonds is 5. The van der Waals surface area contributed by atoms with E-state index in [0.29, 0.717) is 0 Å². The van der Waals surface area contributed by atoms with Crippen LogP contribution in [0.1, 0.15) is 11.1 Å². The predicted molar refractivity (Wildman–Crippen MR) is 117 cm³/mol. The summed E-state index contributed by atoms with van der Waals surface area (Å²) in [4.78, 5) is 6.49. The highest BCUT2D eigenvalue weighted by Gasteiger charge is 2.06. The average molecular weight is 461 g/mol. The van der Waals surface area contributed by atoms with Crippen molar-refractivity contribution < 1.29 is 0 Å². The fourth-order valence-electron chi connectivity index (χ4n) is 2.69. The van der Waals surface area contributed by atoms with Crippen molar-refractivity contribution in [2.75, 3.05) is 14.1 Å². The van der Waals surface area contributed by atoms with Gasteiger partial charge in [0.05, 0.1) is 5.69 Å². The Labute approximate surface area is 171 Å². The zero-order valence-corrected chi connectivity index (χ0v) is 17.4. The predicted octanol–water partition coefficient (Wildman–Crippen LogP) is 3.70. The Bertz CT molecular complexity index is 798. The van der Waals surface area contributed by atoms with Crippen LogP contribution in [0, 0.1) is 0 Å². The molecule has 3 aromatic rings. The van der Waals surface area contributed by atoms with E-state index in [1.54, 1.807) is 6.20 Å². The van der Waals surface area contributed by atoms with Gasteiger partial charge in [-0.2, -0.15) is 5.10 Å². The summed E-state index contributed by atoms with van der Waals surface area (Å²) in [7, 11) is 3.85. The third kappa shape index (κ3) is 5.32. The molecule has 0 saturated carbocycles. The second-order valence-electron chi connectivity index (χ2n) is 5.86. The summed E-state index contributed by atoms with van der Waals surface area (Å²) in [5, 5.41) is 7.66. The Balaban J connectivity index is 0.00000243. The minimum atomic E-state index is 0. The average Bonchev–Trinajstić information content (AvgIpc) is 3.18. The quantitative estimate of drug-likeness (QED) is 0.358. The van der Waals surface area contributed by atoms with Crippen LogP contribution in [0.2, 0.25) is 0 Å². The van der Waals surface area contributed by atoms with E-state index in [1.165, 1.54) is 11.1 Å². The molecule has 1 N–H and O–H groups in total. The molecule has 1 aromatic heterocycles. The van der Waals surface area contributed by atoms with Crippen LogP contribution in [0.15, 0.2) is 78.0 Å². The van der Waals surface area contributed by atoms with E-state index < -0.39 is 0 Å². The summed E-state index contributed by atoms with van der Waals surface area (Å²) in [6, 6.07) is 20.7. The molecule has 0 bridgehead atoms. The molecule has 26 heavy (non-hydrogen) atoms. The molecule has 5 nitrogen and oxygen atoms in total. The maximum atomic E-state index is 4.37. The number of halogens is 1. The van der Waals surface area contributed by atoms with E-state index in [9.17, 15) is 0 Å². The second kappa shape index (κ2) is 9.96. The van der Waals surface area contributed by atoms with E-state index in [0.717, 1.165) is 24.7 Å². The summed E-state index contributed by atoms with van der Waals surface area (Å²) in [6.07, 6.45) is 3.72. The van der Waals surface area contributed by atoms with Crippen LogP contribution in [-0.2, 0) is 13.1 Å². The van der Waals surface area contributed by atoms with E-state index in [2.05, 4.69) is 68.8 Å². The molecule has 0 fully saturated rings. The van der Waals surface area contributed by atoms with Gasteiger partial charge >= 0.3 is 0 Å². The fraction of sp³-hybridized carbons (Fsp3) is 0.200. The summed E-state index contributed by atoms with van der Waals surface area (Å²) in [5.74, 6) is 0.875. The van der Waals surface area contributed by atoms with Gasteiger partial charge in [-0.1, -0.05) is 42.5 Å². The topological polar surface area (TPSA) is 45.5 Å². The first-order chi connectivity index (χ1) is 12.3. The number of nitrogens with one attached hydrogen (secondary N) is 1. The Morgan fingerprint density at radius 2 is 1.77 bits per heavy atom. The smallest absolute Gasteiger partial charge is 0.193 e. The van der Waals surface area contributed by atoms with Crippen molar-refractivity contribution in [3.05, 3.63) is 84.2 Å².